The summed E-state index contributed by atoms with van der Waals surface area (Å²) in [5.41, 5.74) is 7.95. The number of fused-ring (bicyclic) bond motifs is 2. The van der Waals surface area contributed by atoms with Crippen LogP contribution in [0.15, 0.2) is 72.2 Å². The molecule has 0 bridgehead atoms. The van der Waals surface area contributed by atoms with Gasteiger partial charge in [0.05, 0.1) is 22.9 Å². The summed E-state index contributed by atoms with van der Waals surface area (Å²) < 4.78 is 0. The molecule has 5 aromatic heterocycles. The lowest BCUT2D eigenvalue weighted by Crippen LogP contribution is -1.89. The SMILES string of the molecule is C=C/C=C(\C=C/C)c1ccc2[nH]nc(-c3nc4c(-c5ccsc5)cncc4[nH]3)c2n1. The van der Waals surface area contributed by atoms with Gasteiger partial charge in [-0.1, -0.05) is 30.9 Å². The first kappa shape index (κ1) is 18.2. The Bertz CT molecular complexity index is 1420. The van der Waals surface area contributed by atoms with Crippen LogP contribution in [0.5, 0.6) is 0 Å². The molecule has 0 aliphatic rings. The molecule has 2 N–H and O–H groups in total. The van der Waals surface area contributed by atoms with E-state index in [4.69, 9.17) is 9.97 Å². The highest BCUT2D eigenvalue weighted by molar-refractivity contribution is 7.08. The number of thiophene rings is 1. The van der Waals surface area contributed by atoms with Gasteiger partial charge in [-0.05, 0) is 47.0 Å². The van der Waals surface area contributed by atoms with Crippen molar-refractivity contribution in [1.29, 1.82) is 0 Å². The number of nitrogens with zero attached hydrogens (tertiary/aromatic N) is 4. The summed E-state index contributed by atoms with van der Waals surface area (Å²) in [4.78, 5) is 17.4. The van der Waals surface area contributed by atoms with Crippen molar-refractivity contribution in [1.82, 2.24) is 30.1 Å². The lowest BCUT2D eigenvalue weighted by Gasteiger charge is -2.02. The van der Waals surface area contributed by atoms with Crippen LogP contribution in [0.25, 0.3) is 50.3 Å². The van der Waals surface area contributed by atoms with Crippen LogP contribution in [-0.2, 0) is 0 Å². The van der Waals surface area contributed by atoms with E-state index in [1.165, 1.54) is 0 Å². The number of hydrogen-bond acceptors (Lipinski definition) is 5. The highest BCUT2D eigenvalue weighted by Gasteiger charge is 2.17. The monoisotopic (exact) mass is 410 g/mol. The Morgan fingerprint density at radius 3 is 2.83 bits per heavy atom. The molecule has 5 heterocycles. The van der Waals surface area contributed by atoms with E-state index in [0.29, 0.717) is 11.5 Å². The van der Waals surface area contributed by atoms with E-state index < -0.39 is 0 Å². The van der Waals surface area contributed by atoms with Gasteiger partial charge in [0, 0.05) is 11.8 Å². The van der Waals surface area contributed by atoms with Gasteiger partial charge < -0.3 is 4.98 Å². The zero-order valence-electron chi connectivity index (χ0n) is 16.3. The number of H-pyrrole nitrogens is 2. The maximum atomic E-state index is 4.86. The van der Waals surface area contributed by atoms with Gasteiger partial charge in [0.1, 0.15) is 11.0 Å². The Morgan fingerprint density at radius 1 is 1.10 bits per heavy atom. The molecule has 0 aromatic carbocycles. The highest BCUT2D eigenvalue weighted by Crippen LogP contribution is 2.31. The van der Waals surface area contributed by atoms with Crippen molar-refractivity contribution in [3.63, 3.8) is 0 Å². The third-order valence-corrected chi connectivity index (χ3v) is 5.48. The normalized spacial score (nSPS) is 12.4. The van der Waals surface area contributed by atoms with Crippen LogP contribution in [0.4, 0.5) is 0 Å². The molecule has 0 aliphatic heterocycles. The summed E-state index contributed by atoms with van der Waals surface area (Å²) in [5.74, 6) is 0.658. The third-order valence-electron chi connectivity index (χ3n) is 4.80. The number of imidazole rings is 1. The lowest BCUT2D eigenvalue weighted by molar-refractivity contribution is 1.10. The van der Waals surface area contributed by atoms with Crippen LogP contribution in [0, 0.1) is 0 Å². The second kappa shape index (κ2) is 7.53. The van der Waals surface area contributed by atoms with Gasteiger partial charge in [0.15, 0.2) is 11.5 Å². The molecule has 0 unspecified atom stereocenters. The second-order valence-corrected chi connectivity index (χ2v) is 7.48. The van der Waals surface area contributed by atoms with E-state index in [9.17, 15) is 0 Å². The van der Waals surface area contributed by atoms with Gasteiger partial charge in [-0.15, -0.1) is 0 Å². The van der Waals surface area contributed by atoms with E-state index >= 15 is 0 Å². The molecule has 5 aromatic rings. The van der Waals surface area contributed by atoms with Crippen molar-refractivity contribution in [3.8, 4) is 22.6 Å². The summed E-state index contributed by atoms with van der Waals surface area (Å²) in [7, 11) is 0. The number of aromatic amines is 2. The Labute approximate surface area is 176 Å². The van der Waals surface area contributed by atoms with Gasteiger partial charge in [0.25, 0.3) is 0 Å². The predicted molar refractivity (Wildman–Crippen MR) is 123 cm³/mol. The van der Waals surface area contributed by atoms with Crippen LogP contribution in [0.3, 0.4) is 0 Å². The van der Waals surface area contributed by atoms with Crippen LogP contribution in [-0.4, -0.2) is 30.1 Å². The maximum absolute atomic E-state index is 4.86. The minimum atomic E-state index is 0.658. The first-order chi connectivity index (χ1) is 14.8. The molecular weight excluding hydrogens is 392 g/mol. The molecule has 0 aliphatic carbocycles. The number of pyridine rings is 2. The molecule has 7 heteroatoms. The summed E-state index contributed by atoms with van der Waals surface area (Å²) in [6.45, 7) is 5.78. The molecule has 0 atom stereocenters. The molecule has 0 radical (unpaired) electrons. The van der Waals surface area contributed by atoms with E-state index in [1.54, 1.807) is 23.6 Å². The molecule has 30 heavy (non-hydrogen) atoms. The van der Waals surface area contributed by atoms with E-state index in [-0.39, 0.29) is 0 Å². The minimum absolute atomic E-state index is 0.658. The maximum Gasteiger partial charge on any atom is 0.161 e. The van der Waals surface area contributed by atoms with Gasteiger partial charge in [0.2, 0.25) is 0 Å². The van der Waals surface area contributed by atoms with Gasteiger partial charge in [-0.25, -0.2) is 9.97 Å². The van der Waals surface area contributed by atoms with Crippen molar-refractivity contribution < 1.29 is 0 Å². The van der Waals surface area contributed by atoms with Crippen molar-refractivity contribution in [2.24, 2.45) is 0 Å². The molecule has 0 fully saturated rings. The Kier molecular flexibility index (Phi) is 4.57. The van der Waals surface area contributed by atoms with Crippen molar-refractivity contribution in [3.05, 3.63) is 77.9 Å². The van der Waals surface area contributed by atoms with E-state index in [0.717, 1.165) is 44.5 Å². The van der Waals surface area contributed by atoms with E-state index in [2.05, 4.69) is 38.2 Å². The fourth-order valence-corrected chi connectivity index (χ4v) is 4.09. The van der Waals surface area contributed by atoms with Crippen molar-refractivity contribution in [2.75, 3.05) is 0 Å². The standard InChI is InChI=1S/C23H18N6S/c1-3-5-14(6-4-2)17-7-8-18-21(25-17)22(29-28-18)23-26-19-12-24-11-16(20(19)27-23)15-9-10-30-13-15/h3-13H,1H2,2H3,(H,26,27)(H,28,29)/b6-4-,14-5+. The topological polar surface area (TPSA) is 83.1 Å². The quantitative estimate of drug-likeness (QED) is 0.360. The molecule has 6 nitrogen and oxygen atoms in total. The molecule has 146 valence electrons. The van der Waals surface area contributed by atoms with Crippen LogP contribution >= 0.6 is 11.3 Å². The summed E-state index contributed by atoms with van der Waals surface area (Å²) in [5, 5.41) is 11.7. The second-order valence-electron chi connectivity index (χ2n) is 6.70. The predicted octanol–water partition coefficient (Wildman–Crippen LogP) is 5.77. The largest absolute Gasteiger partial charge is 0.335 e. The average Bonchev–Trinajstić information content (AvgIpc) is 3.51. The summed E-state index contributed by atoms with van der Waals surface area (Å²) >= 11 is 1.65. The molecule has 0 spiro atoms. The average molecular weight is 411 g/mol. The van der Waals surface area contributed by atoms with Crippen LogP contribution < -0.4 is 0 Å². The molecule has 0 saturated carbocycles. The molecular formula is C23H18N6S. The van der Waals surface area contributed by atoms with Crippen LogP contribution in [0.2, 0.25) is 0 Å². The van der Waals surface area contributed by atoms with Crippen LogP contribution in [0.1, 0.15) is 12.6 Å². The first-order valence-corrected chi connectivity index (χ1v) is 10.4. The zero-order chi connectivity index (χ0) is 20.5. The fraction of sp³-hybridized carbons (Fsp3) is 0.0435. The molecule has 0 amide bonds. The molecule has 5 rings (SSSR count). The smallest absolute Gasteiger partial charge is 0.161 e. The highest BCUT2D eigenvalue weighted by atomic mass is 32.1. The van der Waals surface area contributed by atoms with Crippen molar-refractivity contribution >= 4 is 39.0 Å². The van der Waals surface area contributed by atoms with Gasteiger partial charge >= 0.3 is 0 Å². The fourth-order valence-electron chi connectivity index (χ4n) is 3.43. The Morgan fingerprint density at radius 2 is 2.03 bits per heavy atom. The Balaban J connectivity index is 1.67. The third kappa shape index (κ3) is 3.05. The lowest BCUT2D eigenvalue weighted by atomic mass is 10.1. The first-order valence-electron chi connectivity index (χ1n) is 9.46. The number of allylic oxidation sites excluding steroid dienone is 5. The Hall–Kier alpha value is -3.84. The summed E-state index contributed by atoms with van der Waals surface area (Å²) in [6, 6.07) is 6.02. The number of nitrogens with one attached hydrogen (secondary N) is 2. The summed E-state index contributed by atoms with van der Waals surface area (Å²) in [6.07, 6.45) is 11.3. The number of rotatable bonds is 5. The van der Waals surface area contributed by atoms with Gasteiger partial charge in [-0.2, -0.15) is 16.4 Å². The van der Waals surface area contributed by atoms with E-state index in [1.807, 2.05) is 48.9 Å². The minimum Gasteiger partial charge on any atom is -0.335 e. The van der Waals surface area contributed by atoms with Crippen molar-refractivity contribution in [2.45, 2.75) is 6.92 Å². The zero-order valence-corrected chi connectivity index (χ0v) is 17.1. The number of hydrogen-bond donors (Lipinski definition) is 2. The number of aromatic nitrogens is 6. The van der Waals surface area contributed by atoms with Gasteiger partial charge in [-0.3, -0.25) is 10.1 Å². The molecule has 0 saturated heterocycles.